The molecule has 1 fully saturated rings. The van der Waals surface area contributed by atoms with Gasteiger partial charge in [-0.2, -0.15) is 0 Å². The van der Waals surface area contributed by atoms with Gasteiger partial charge >= 0.3 is 0 Å². The number of aryl methyl sites for hydroxylation is 1. The van der Waals surface area contributed by atoms with Crippen molar-refractivity contribution in [2.24, 2.45) is 0 Å². The van der Waals surface area contributed by atoms with Gasteiger partial charge in [0.2, 0.25) is 0 Å². The summed E-state index contributed by atoms with van der Waals surface area (Å²) in [5.41, 5.74) is 3.18. The lowest BCUT2D eigenvalue weighted by molar-refractivity contribution is 0.0409. The molecule has 4 aromatic rings. The van der Waals surface area contributed by atoms with Crippen molar-refractivity contribution in [3.8, 4) is 0 Å². The molecule has 5 rings (SSSR count). The van der Waals surface area contributed by atoms with Crippen LogP contribution in [-0.4, -0.2) is 51.9 Å². The maximum absolute atomic E-state index is 13.8. The van der Waals surface area contributed by atoms with E-state index in [1.165, 1.54) is 12.1 Å². The minimum absolute atomic E-state index is 0.00501. The maximum Gasteiger partial charge on any atom is 0.270 e. The minimum Gasteiger partial charge on any atom is -0.334 e. The Morgan fingerprint density at radius 1 is 1.03 bits per heavy atom. The standard InChI is InChI=1S/C27H26FN3O2S/c1-18-6-8-21(9-7-18)25(32)30-12-11-29(16-19(30)2)26(33)24-15-22-10-13-34-27(22)31(24)17-20-4-3-5-23(28)14-20/h3-10,13-15,19H,11-12,16-17H2,1-2H3/t19-/m1/s1. The second kappa shape index (κ2) is 9.06. The number of nitrogens with zero attached hydrogens (tertiary/aromatic N) is 3. The Kier molecular flexibility index (Phi) is 5.96. The molecule has 0 N–H and O–H groups in total. The molecule has 5 nitrogen and oxygen atoms in total. The van der Waals surface area contributed by atoms with Crippen molar-refractivity contribution in [3.63, 3.8) is 0 Å². The van der Waals surface area contributed by atoms with Crippen LogP contribution in [0.5, 0.6) is 0 Å². The van der Waals surface area contributed by atoms with Gasteiger partial charge in [0.15, 0.2) is 0 Å². The maximum atomic E-state index is 13.8. The first kappa shape index (κ1) is 22.3. The number of benzene rings is 2. The van der Waals surface area contributed by atoms with E-state index in [2.05, 4.69) is 0 Å². The van der Waals surface area contributed by atoms with Gasteiger partial charge in [-0.1, -0.05) is 29.8 Å². The number of hydrogen-bond acceptors (Lipinski definition) is 3. The summed E-state index contributed by atoms with van der Waals surface area (Å²) in [6, 6.07) is 17.9. The van der Waals surface area contributed by atoms with Crippen molar-refractivity contribution in [3.05, 3.63) is 94.2 Å². The Bertz CT molecular complexity index is 1360. The zero-order valence-corrected chi connectivity index (χ0v) is 20.0. The van der Waals surface area contributed by atoms with Crippen molar-refractivity contribution in [2.45, 2.75) is 26.4 Å². The summed E-state index contributed by atoms with van der Waals surface area (Å²) in [4.78, 5) is 31.3. The highest BCUT2D eigenvalue weighted by atomic mass is 32.1. The number of carbonyl (C=O) groups is 2. The molecule has 1 aliphatic heterocycles. The summed E-state index contributed by atoms with van der Waals surface area (Å²) in [6.45, 7) is 5.82. The highest BCUT2D eigenvalue weighted by Crippen LogP contribution is 2.28. The predicted octanol–water partition coefficient (Wildman–Crippen LogP) is 5.19. The third-order valence-corrected chi connectivity index (χ3v) is 7.38. The molecule has 7 heteroatoms. The van der Waals surface area contributed by atoms with Crippen LogP contribution in [0.2, 0.25) is 0 Å². The fourth-order valence-corrected chi connectivity index (χ4v) is 5.49. The molecule has 3 heterocycles. The monoisotopic (exact) mass is 475 g/mol. The number of carbonyl (C=O) groups excluding carboxylic acids is 2. The molecule has 2 aromatic heterocycles. The van der Waals surface area contributed by atoms with Crippen LogP contribution < -0.4 is 0 Å². The number of hydrogen-bond donors (Lipinski definition) is 0. The van der Waals surface area contributed by atoms with Gasteiger partial charge in [0.1, 0.15) is 16.3 Å². The van der Waals surface area contributed by atoms with Gasteiger partial charge in [-0.05, 0) is 61.2 Å². The van der Waals surface area contributed by atoms with E-state index in [0.29, 0.717) is 37.4 Å². The Hall–Kier alpha value is -3.45. The molecular weight excluding hydrogens is 449 g/mol. The molecule has 1 saturated heterocycles. The first-order chi connectivity index (χ1) is 16.4. The molecule has 2 aromatic carbocycles. The summed E-state index contributed by atoms with van der Waals surface area (Å²) >= 11 is 1.57. The number of fused-ring (bicyclic) bond motifs is 1. The second-order valence-electron chi connectivity index (χ2n) is 8.89. The van der Waals surface area contributed by atoms with E-state index in [1.807, 2.05) is 76.1 Å². The molecule has 0 radical (unpaired) electrons. The number of thiophene rings is 1. The van der Waals surface area contributed by atoms with Gasteiger partial charge in [0, 0.05) is 43.2 Å². The molecule has 1 atom stereocenters. The molecular formula is C27H26FN3O2S. The zero-order valence-electron chi connectivity index (χ0n) is 19.2. The Labute approximate surface area is 202 Å². The highest BCUT2D eigenvalue weighted by Gasteiger charge is 2.32. The van der Waals surface area contributed by atoms with Crippen molar-refractivity contribution in [2.75, 3.05) is 19.6 Å². The topological polar surface area (TPSA) is 45.6 Å². The molecule has 0 bridgehead atoms. The third kappa shape index (κ3) is 4.23. The van der Waals surface area contributed by atoms with Crippen LogP contribution in [0.3, 0.4) is 0 Å². The third-order valence-electron chi connectivity index (χ3n) is 6.43. The smallest absolute Gasteiger partial charge is 0.270 e. The first-order valence-corrected chi connectivity index (χ1v) is 12.3. The average molecular weight is 476 g/mol. The highest BCUT2D eigenvalue weighted by molar-refractivity contribution is 7.16. The summed E-state index contributed by atoms with van der Waals surface area (Å²) in [7, 11) is 0. The number of halogens is 1. The van der Waals surface area contributed by atoms with E-state index in [9.17, 15) is 14.0 Å². The molecule has 0 aliphatic carbocycles. The summed E-state index contributed by atoms with van der Waals surface area (Å²) < 4.78 is 15.8. The lowest BCUT2D eigenvalue weighted by Crippen LogP contribution is -2.55. The molecule has 1 aliphatic rings. The number of piperazine rings is 1. The van der Waals surface area contributed by atoms with E-state index >= 15 is 0 Å². The fourth-order valence-electron chi connectivity index (χ4n) is 4.59. The lowest BCUT2D eigenvalue weighted by Gasteiger charge is -2.40. The molecule has 34 heavy (non-hydrogen) atoms. The van der Waals surface area contributed by atoms with Crippen LogP contribution in [0, 0.1) is 12.7 Å². The van der Waals surface area contributed by atoms with Crippen LogP contribution in [0.15, 0.2) is 66.0 Å². The summed E-state index contributed by atoms with van der Waals surface area (Å²) in [5, 5.41) is 3.00. The number of amides is 2. The van der Waals surface area contributed by atoms with Crippen molar-refractivity contribution < 1.29 is 14.0 Å². The summed E-state index contributed by atoms with van der Waals surface area (Å²) in [6.07, 6.45) is 0. The van der Waals surface area contributed by atoms with Gasteiger partial charge in [0.25, 0.3) is 11.8 Å². The van der Waals surface area contributed by atoms with Gasteiger partial charge in [-0.15, -0.1) is 11.3 Å². The fraction of sp³-hybridized carbons (Fsp3) is 0.259. The van der Waals surface area contributed by atoms with E-state index in [4.69, 9.17) is 0 Å². The largest absolute Gasteiger partial charge is 0.334 e. The SMILES string of the molecule is Cc1ccc(C(=O)N2CCN(C(=O)c3cc4ccsc4n3Cc3cccc(F)c3)C[C@H]2C)cc1. The van der Waals surface area contributed by atoms with Crippen LogP contribution in [0.1, 0.15) is 38.9 Å². The molecule has 174 valence electrons. The lowest BCUT2D eigenvalue weighted by atomic mass is 10.1. The van der Waals surface area contributed by atoms with E-state index in [-0.39, 0.29) is 23.7 Å². The van der Waals surface area contributed by atoms with Crippen molar-refractivity contribution in [1.29, 1.82) is 0 Å². The van der Waals surface area contributed by atoms with Crippen LogP contribution in [0.4, 0.5) is 4.39 Å². The molecule has 0 saturated carbocycles. The molecule has 0 spiro atoms. The van der Waals surface area contributed by atoms with Crippen molar-refractivity contribution in [1.82, 2.24) is 14.4 Å². The van der Waals surface area contributed by atoms with E-state index in [1.54, 1.807) is 17.4 Å². The van der Waals surface area contributed by atoms with Crippen LogP contribution >= 0.6 is 11.3 Å². The van der Waals surface area contributed by atoms with Crippen LogP contribution in [-0.2, 0) is 6.54 Å². The zero-order chi connectivity index (χ0) is 23.8. The first-order valence-electron chi connectivity index (χ1n) is 11.4. The Morgan fingerprint density at radius 3 is 2.56 bits per heavy atom. The molecule has 0 unspecified atom stereocenters. The minimum atomic E-state index is -0.289. The van der Waals surface area contributed by atoms with Gasteiger partial charge in [0.05, 0.1) is 0 Å². The Morgan fingerprint density at radius 2 is 1.82 bits per heavy atom. The van der Waals surface area contributed by atoms with Gasteiger partial charge in [-0.25, -0.2) is 4.39 Å². The second-order valence-corrected chi connectivity index (χ2v) is 9.79. The average Bonchev–Trinajstić information content (AvgIpc) is 3.41. The van der Waals surface area contributed by atoms with Gasteiger partial charge < -0.3 is 14.4 Å². The van der Waals surface area contributed by atoms with E-state index < -0.39 is 0 Å². The quantitative estimate of drug-likeness (QED) is 0.408. The number of aromatic nitrogens is 1. The number of rotatable bonds is 4. The Balaban J connectivity index is 1.36. The summed E-state index contributed by atoms with van der Waals surface area (Å²) in [5.74, 6) is -0.355. The van der Waals surface area contributed by atoms with Crippen molar-refractivity contribution >= 4 is 33.4 Å². The van der Waals surface area contributed by atoms with Crippen LogP contribution in [0.25, 0.3) is 10.2 Å². The predicted molar refractivity (Wildman–Crippen MR) is 133 cm³/mol. The van der Waals surface area contributed by atoms with Gasteiger partial charge in [-0.3, -0.25) is 9.59 Å². The van der Waals surface area contributed by atoms with E-state index in [0.717, 1.165) is 21.3 Å². The molecule has 2 amide bonds. The normalized spacial score (nSPS) is 16.3.